The number of halogens is 5. The number of alkyl halides is 5. The molecule has 133 heavy (non-hydrogen) atoms. The second-order valence-corrected chi connectivity index (χ2v) is 38.6. The maximum Gasteiger partial charge on any atom is 0.338 e. The molecule has 0 aliphatic heterocycles. The Morgan fingerprint density at radius 3 is 1.00 bits per heavy atom. The van der Waals surface area contributed by atoms with E-state index in [0.29, 0.717) is 67.7 Å². The molecular formula is C106H111F5N14O8. The van der Waals surface area contributed by atoms with Crippen molar-refractivity contribution in [3.8, 4) is 89.3 Å². The van der Waals surface area contributed by atoms with Crippen molar-refractivity contribution in [2.24, 2.45) is 35.5 Å². The number of hydrogen-bond acceptors (Lipinski definition) is 17. The highest BCUT2D eigenvalue weighted by atomic mass is 19.3. The van der Waals surface area contributed by atoms with Crippen molar-refractivity contribution < 1.29 is 59.5 Å². The lowest BCUT2D eigenvalue weighted by Gasteiger charge is -2.31. The Labute approximate surface area is 768 Å². The van der Waals surface area contributed by atoms with Gasteiger partial charge in [0.25, 0.3) is 6.43 Å². The third-order valence-electron chi connectivity index (χ3n) is 28.4. The number of methoxy groups -OCH3 is 1. The number of carbonyl (C=O) groups is 2. The van der Waals surface area contributed by atoms with Gasteiger partial charge in [0.15, 0.2) is 5.82 Å². The molecule has 5 fully saturated rings. The number of carboxylic acids is 1. The second-order valence-electron chi connectivity index (χ2n) is 38.6. The molecule has 688 valence electrons. The van der Waals surface area contributed by atoms with Crippen molar-refractivity contribution in [3.63, 3.8) is 0 Å². The fraction of sp³-hybridized carbons (Fsp3) is 0.396. The number of pyridine rings is 4. The summed E-state index contributed by atoms with van der Waals surface area (Å²) in [7, 11) is 1.40. The summed E-state index contributed by atoms with van der Waals surface area (Å²) >= 11 is 0. The van der Waals surface area contributed by atoms with Crippen LogP contribution < -0.4 is 0 Å². The molecule has 21 rings (SSSR count). The lowest BCUT2D eigenvalue weighted by Crippen LogP contribution is -2.27. The number of hydrogen-bond donors (Lipinski definition) is 1. The molecule has 0 saturated heterocycles. The van der Waals surface area contributed by atoms with Crippen LogP contribution in [0.1, 0.15) is 201 Å². The van der Waals surface area contributed by atoms with Crippen LogP contribution in [0.3, 0.4) is 0 Å². The van der Waals surface area contributed by atoms with E-state index in [1.807, 2.05) is 104 Å². The topological polar surface area (TPSA) is 265 Å². The molecule has 5 aliphatic rings. The Balaban J connectivity index is 0.000000119. The molecule has 0 spiro atoms. The Bertz CT molecular complexity index is 6870. The predicted molar refractivity (Wildman–Crippen MR) is 503 cm³/mol. The van der Waals surface area contributed by atoms with Crippen LogP contribution in [0.2, 0.25) is 0 Å². The molecule has 13 aromatic heterocycles. The van der Waals surface area contributed by atoms with E-state index in [2.05, 4.69) is 123 Å². The first-order chi connectivity index (χ1) is 63.7. The molecule has 1 N–H and O–H groups in total. The van der Waals surface area contributed by atoms with E-state index in [-0.39, 0.29) is 17.1 Å². The summed E-state index contributed by atoms with van der Waals surface area (Å²) in [6.07, 6.45) is 28.8. The maximum absolute atomic E-state index is 14.4. The summed E-state index contributed by atoms with van der Waals surface area (Å²) in [5, 5.41) is 25.6. The van der Waals surface area contributed by atoms with E-state index in [0.717, 1.165) is 256 Å². The Kier molecular flexibility index (Phi) is 25.1. The minimum atomic E-state index is -2.50. The molecule has 5 saturated carbocycles. The summed E-state index contributed by atoms with van der Waals surface area (Å²) < 4.78 is 105. The van der Waals surface area contributed by atoms with Crippen LogP contribution in [-0.2, 0) is 30.9 Å². The highest BCUT2D eigenvalue weighted by Gasteiger charge is 2.46. The van der Waals surface area contributed by atoms with E-state index in [1.54, 1.807) is 39.1 Å². The van der Waals surface area contributed by atoms with Crippen molar-refractivity contribution in [1.82, 2.24) is 68.8 Å². The molecule has 27 heteroatoms. The SMILES string of the molecule is COC(=O)c1ccc(-c2cn(CC3CC4CC4C3)c3cc(-c4c(C)noc4C)cnc23)cc1.Cc1ccc(-c2cn(CC3CCC(C)(F)CC3)c3cc(-c4c(C)noc4C)cnc23)cc1.Cc1noc(C)c1-c1cnc2c(-c3ccc(C(F)F)cc3)cn(CC3CCC(C)(F)CC3)c2c1.Cc1noc(C)c1-c1cnc2c(-c3ncc(C(=O)O)cn3)cn(CC3CCC(C)(F)CC3)c2c1. The molecule has 13 heterocycles. The molecule has 0 amide bonds. The molecule has 3 aromatic carbocycles. The van der Waals surface area contributed by atoms with Gasteiger partial charge in [0.2, 0.25) is 0 Å². The number of aryl methyl sites for hydroxylation is 9. The van der Waals surface area contributed by atoms with E-state index in [4.69, 9.17) is 42.8 Å². The molecule has 22 nitrogen and oxygen atoms in total. The van der Waals surface area contributed by atoms with Gasteiger partial charge in [-0.3, -0.25) is 19.9 Å². The number of ether oxygens (including phenoxy) is 1. The van der Waals surface area contributed by atoms with Crippen LogP contribution >= 0.6 is 0 Å². The van der Waals surface area contributed by atoms with Gasteiger partial charge in [-0.25, -0.2) is 41.5 Å². The van der Waals surface area contributed by atoms with Crippen molar-refractivity contribution in [2.75, 3.05) is 7.11 Å². The van der Waals surface area contributed by atoms with Gasteiger partial charge >= 0.3 is 11.9 Å². The first kappa shape index (κ1) is 90.5. The summed E-state index contributed by atoms with van der Waals surface area (Å²) in [4.78, 5) is 51.0. The number of aromatic nitrogens is 14. The number of fused-ring (bicyclic) bond motifs is 5. The maximum atomic E-state index is 14.4. The van der Waals surface area contributed by atoms with E-state index in [9.17, 15) is 36.6 Å². The Hall–Kier alpha value is -13.1. The van der Waals surface area contributed by atoms with Crippen LogP contribution in [0.15, 0.2) is 177 Å². The molecular weight excluding hydrogens is 1690 g/mol. The number of carboxylic acid groups (broad SMARTS) is 1. The predicted octanol–water partition coefficient (Wildman–Crippen LogP) is 26.2. The van der Waals surface area contributed by atoms with Crippen LogP contribution in [0.25, 0.3) is 133 Å². The van der Waals surface area contributed by atoms with Crippen LogP contribution in [0.4, 0.5) is 22.0 Å². The van der Waals surface area contributed by atoms with Gasteiger partial charge in [0, 0.05) is 155 Å². The Morgan fingerprint density at radius 2 is 0.699 bits per heavy atom. The number of esters is 1. The van der Waals surface area contributed by atoms with Gasteiger partial charge in [-0.2, -0.15) is 0 Å². The van der Waals surface area contributed by atoms with Gasteiger partial charge in [0.1, 0.15) is 40.0 Å². The largest absolute Gasteiger partial charge is 0.478 e. The third kappa shape index (κ3) is 19.2. The normalized spacial score (nSPS) is 21.1. The van der Waals surface area contributed by atoms with Crippen molar-refractivity contribution >= 4 is 56.1 Å². The summed E-state index contributed by atoms with van der Waals surface area (Å²) in [5.74, 6) is 5.90. The number of carbonyl (C=O) groups excluding carboxylic acids is 1. The fourth-order valence-electron chi connectivity index (χ4n) is 20.7. The number of benzene rings is 3. The van der Waals surface area contributed by atoms with Crippen LogP contribution in [-0.4, -0.2) is 110 Å². The quantitative estimate of drug-likeness (QED) is 0.0582. The van der Waals surface area contributed by atoms with Crippen molar-refractivity contribution in [2.45, 2.75) is 229 Å². The average Bonchev–Trinajstić information content (AvgIpc) is 1.61. The molecule has 0 radical (unpaired) electrons. The van der Waals surface area contributed by atoms with Crippen LogP contribution in [0.5, 0.6) is 0 Å². The minimum Gasteiger partial charge on any atom is -0.478 e. The number of rotatable bonds is 19. The molecule has 5 aliphatic carbocycles. The van der Waals surface area contributed by atoms with Crippen molar-refractivity contribution in [3.05, 3.63) is 227 Å². The smallest absolute Gasteiger partial charge is 0.338 e. The first-order valence-corrected chi connectivity index (χ1v) is 46.2. The van der Waals surface area contributed by atoms with E-state index < -0.39 is 29.4 Å². The zero-order valence-corrected chi connectivity index (χ0v) is 77.4. The zero-order valence-electron chi connectivity index (χ0n) is 77.4. The summed E-state index contributed by atoms with van der Waals surface area (Å²) in [6, 6.07) is 31.1. The first-order valence-electron chi connectivity index (χ1n) is 46.2. The third-order valence-corrected chi connectivity index (χ3v) is 28.4. The molecule has 2 unspecified atom stereocenters. The van der Waals surface area contributed by atoms with Gasteiger partial charge in [-0.05, 0) is 268 Å². The lowest BCUT2D eigenvalue weighted by molar-refractivity contribution is 0.0599. The summed E-state index contributed by atoms with van der Waals surface area (Å²) in [6.45, 7) is 26.0. The summed E-state index contributed by atoms with van der Waals surface area (Å²) in [5.41, 5.74) is 24.2. The van der Waals surface area contributed by atoms with E-state index in [1.165, 1.54) is 56.5 Å². The van der Waals surface area contributed by atoms with Gasteiger partial charge in [-0.15, -0.1) is 0 Å². The number of nitrogens with zero attached hydrogens (tertiary/aromatic N) is 14. The van der Waals surface area contributed by atoms with Gasteiger partial charge < -0.3 is 46.2 Å². The highest BCUT2D eigenvalue weighted by Crippen LogP contribution is 2.55. The average molecular weight is 1800 g/mol. The number of aromatic carboxylic acids is 1. The van der Waals surface area contributed by atoms with E-state index >= 15 is 0 Å². The van der Waals surface area contributed by atoms with Gasteiger partial charge in [0.05, 0.1) is 90.7 Å². The monoisotopic (exact) mass is 1800 g/mol. The van der Waals surface area contributed by atoms with Crippen molar-refractivity contribution in [1.29, 1.82) is 0 Å². The fourth-order valence-corrected chi connectivity index (χ4v) is 20.7. The zero-order chi connectivity index (χ0) is 93.2. The molecule has 16 aromatic rings. The Morgan fingerprint density at radius 1 is 0.398 bits per heavy atom. The molecule has 0 bridgehead atoms. The lowest BCUT2D eigenvalue weighted by atomic mass is 9.81. The van der Waals surface area contributed by atoms with Crippen LogP contribution in [0, 0.1) is 97.8 Å². The molecule has 2 atom stereocenters. The minimum absolute atomic E-state index is 0.00220. The standard InChI is InChI=1S/C27H28F3N3O.C27H30FN3O.C27H27N3O3.C25H26FN5O3/c1-16-24(17(2)34-32-16)21-12-23-25(31-13-21)22(19-4-6-20(7-5-19)26(28)29)15-33(23)14-18-8-10-27(3,30)11-9-18;1-17-5-7-21(8-6-17)23-16-31(15-20-9-11-27(4,28)12-10-20)24-13-22(14-29-26(23)24)25-18(2)30-32-19(25)3;1-15-25(16(2)33-29-15)22-11-24-26(28-12-22)23(18-4-6-19(7-5-18)27(31)32-3)14-30(24)13-17-8-20-10-21(20)9-17;1-14-21(15(2)34-30-14)17-8-20-22(27-9-17)19(23-28-10-18(11-29-23)24(32)33)13-31(20)12-16-4-6-25(3,26)7-5-16/h4-7,12-13,15,18,26H,8-11,14H2,1-3H3;5-8,13-14,16,20H,9-12,15H2,1-4H3;4-7,11-12,14,17,20-21H,8-10,13H2,1-3H3;8-11,13,16H,4-7,12H2,1-3H3,(H,32,33). The van der Waals surface area contributed by atoms with Gasteiger partial charge in [-0.1, -0.05) is 86.9 Å². The highest BCUT2D eigenvalue weighted by molar-refractivity contribution is 5.99. The second kappa shape index (κ2) is 36.8.